The Hall–Kier alpha value is -2.76. The van der Waals surface area contributed by atoms with Crippen LogP contribution in [-0.4, -0.2) is 79.2 Å². The van der Waals surface area contributed by atoms with Gasteiger partial charge in [-0.05, 0) is 36.4 Å². The molecule has 0 atom stereocenters. The second-order valence-electron chi connectivity index (χ2n) is 9.47. The summed E-state index contributed by atoms with van der Waals surface area (Å²) in [7, 11) is 0. The number of rotatable bonds is 9. The first-order chi connectivity index (χ1) is 17.7. The third kappa shape index (κ3) is 6.97. The first kappa shape index (κ1) is 27.3. The molecule has 4 rings (SSSR count). The lowest BCUT2D eigenvalue weighted by atomic mass is 10.1. The molecule has 7 nitrogen and oxygen atoms in total. The molecule has 0 bridgehead atoms. The highest BCUT2D eigenvalue weighted by atomic mass is 32.1. The molecule has 0 aliphatic carbocycles. The van der Waals surface area contributed by atoms with Gasteiger partial charge in [-0.3, -0.25) is 19.3 Å². The number of ketones is 1. The topological polar surface area (TPSA) is 66.9 Å². The maximum absolute atomic E-state index is 13.0. The molecule has 2 aliphatic heterocycles. The zero-order valence-corrected chi connectivity index (χ0v) is 21.4. The van der Waals surface area contributed by atoms with Crippen LogP contribution in [0.1, 0.15) is 40.9 Å². The zero-order chi connectivity index (χ0) is 26.5. The van der Waals surface area contributed by atoms with Crippen molar-refractivity contribution in [1.82, 2.24) is 4.90 Å². The van der Waals surface area contributed by atoms with Crippen LogP contribution in [0.5, 0.6) is 0 Å². The van der Waals surface area contributed by atoms with E-state index in [9.17, 15) is 27.6 Å². The maximum Gasteiger partial charge on any atom is 0.497 e. The summed E-state index contributed by atoms with van der Waals surface area (Å²) in [5.41, 5.74) is 1.08. The van der Waals surface area contributed by atoms with E-state index in [2.05, 4.69) is 11.0 Å². The minimum absolute atomic E-state index is 0.0769. The lowest BCUT2D eigenvalue weighted by molar-refractivity contribution is -1.09. The van der Waals surface area contributed by atoms with Crippen molar-refractivity contribution in [2.24, 2.45) is 0 Å². The summed E-state index contributed by atoms with van der Waals surface area (Å²) in [6, 6.07) is 11.0. The number of anilines is 1. The van der Waals surface area contributed by atoms with Gasteiger partial charge in [-0.2, -0.15) is 13.2 Å². The summed E-state index contributed by atoms with van der Waals surface area (Å²) >= 11 is 1.67. The average Bonchev–Trinajstić information content (AvgIpc) is 3.36. The minimum atomic E-state index is -5.06. The van der Waals surface area contributed by atoms with E-state index in [1.807, 2.05) is 11.4 Å². The monoisotopic (exact) mass is 538 g/mol. The van der Waals surface area contributed by atoms with Gasteiger partial charge in [0.25, 0.3) is 0 Å². The number of hydrogen-bond donors (Lipinski definition) is 0. The predicted molar refractivity (Wildman–Crippen MR) is 133 cm³/mol. The maximum atomic E-state index is 13.0. The number of carbonyl (C=O) groups excluding carboxylic acids is 3. The molecule has 0 spiro atoms. The third-order valence-electron chi connectivity index (χ3n) is 6.97. The van der Waals surface area contributed by atoms with Crippen LogP contribution in [0.15, 0.2) is 41.8 Å². The van der Waals surface area contributed by atoms with E-state index in [1.165, 1.54) is 4.88 Å². The largest absolute Gasteiger partial charge is 0.497 e. The van der Waals surface area contributed by atoms with Gasteiger partial charge in [0.15, 0.2) is 5.78 Å². The molecule has 1 aromatic heterocycles. The van der Waals surface area contributed by atoms with Gasteiger partial charge in [-0.15, -0.1) is 16.0 Å². The number of nitrogens with zero attached hydrogens (tertiary/aromatic N) is 3. The van der Waals surface area contributed by atoms with Crippen LogP contribution in [-0.2, 0) is 20.8 Å². The number of piperazine rings is 1. The van der Waals surface area contributed by atoms with E-state index < -0.39 is 12.1 Å². The third-order valence-corrected chi connectivity index (χ3v) is 7.91. The lowest BCUT2D eigenvalue weighted by Crippen LogP contribution is -2.61. The summed E-state index contributed by atoms with van der Waals surface area (Å²) in [5.74, 6) is -2.40. The van der Waals surface area contributed by atoms with Crippen molar-refractivity contribution in [1.29, 1.82) is 0 Å². The van der Waals surface area contributed by atoms with Crippen molar-refractivity contribution in [3.63, 3.8) is 0 Å². The van der Waals surface area contributed by atoms with E-state index >= 15 is 0 Å². The lowest BCUT2D eigenvalue weighted by Gasteiger charge is -2.41. The number of fused-ring (bicyclic) bond motifs is 1. The second kappa shape index (κ2) is 11.7. The molecule has 1 fully saturated rings. The highest BCUT2D eigenvalue weighted by Gasteiger charge is 2.48. The fourth-order valence-corrected chi connectivity index (χ4v) is 5.59. The summed E-state index contributed by atoms with van der Waals surface area (Å²) in [4.78, 5) is 46.9. The van der Waals surface area contributed by atoms with Crippen LogP contribution in [0.25, 0.3) is 0 Å². The number of hydroxylamine groups is 3. The Morgan fingerprint density at radius 2 is 1.76 bits per heavy atom. The number of carbonyl (C=O) groups is 3. The van der Waals surface area contributed by atoms with Crippen molar-refractivity contribution < 1.29 is 37.0 Å². The van der Waals surface area contributed by atoms with Gasteiger partial charge in [0.2, 0.25) is 5.91 Å². The summed E-state index contributed by atoms with van der Waals surface area (Å²) < 4.78 is 38.8. The second-order valence-corrected chi connectivity index (χ2v) is 10.5. The molecule has 37 heavy (non-hydrogen) atoms. The summed E-state index contributed by atoms with van der Waals surface area (Å²) in [5, 5.41) is 2.01. The molecular formula is C26H31F3N3O4S+. The number of Topliss-reactive ketones (excluding diaryl/α,β-unsaturated/α-hetero) is 1. The van der Waals surface area contributed by atoms with Gasteiger partial charge >= 0.3 is 12.1 Å². The quantitative estimate of drug-likeness (QED) is 0.353. The highest BCUT2D eigenvalue weighted by molar-refractivity contribution is 7.09. The first-order valence-electron chi connectivity index (χ1n) is 12.5. The Bertz CT molecular complexity index is 1100. The number of amides is 1. The molecule has 0 N–H and O–H groups in total. The summed E-state index contributed by atoms with van der Waals surface area (Å²) in [6.07, 6.45) is -2.95. The number of benzene rings is 1. The number of quaternary nitrogens is 1. The van der Waals surface area contributed by atoms with E-state index in [0.29, 0.717) is 43.7 Å². The fraction of sp³-hybridized carbons (Fsp3) is 0.500. The van der Waals surface area contributed by atoms with Crippen molar-refractivity contribution in [3.8, 4) is 0 Å². The molecule has 1 saturated heterocycles. The number of hydrogen-bond acceptors (Lipinski definition) is 6. The summed E-state index contributed by atoms with van der Waals surface area (Å²) in [6.45, 7) is 2.95. The van der Waals surface area contributed by atoms with Gasteiger partial charge in [-0.1, -0.05) is 18.2 Å². The van der Waals surface area contributed by atoms with Gasteiger partial charge in [0, 0.05) is 42.8 Å². The molecule has 2 aromatic rings. The van der Waals surface area contributed by atoms with Gasteiger partial charge in [0.05, 0.1) is 18.8 Å². The van der Waals surface area contributed by atoms with Gasteiger partial charge in [0.1, 0.15) is 19.6 Å². The Morgan fingerprint density at radius 3 is 2.46 bits per heavy atom. The smallest absolute Gasteiger partial charge is 0.312 e. The Labute approximate surface area is 217 Å². The van der Waals surface area contributed by atoms with E-state index in [-0.39, 0.29) is 48.8 Å². The number of unbranched alkanes of at least 4 members (excludes halogenated alkanes) is 1. The van der Waals surface area contributed by atoms with Crippen LogP contribution in [0.3, 0.4) is 0 Å². The molecule has 2 aliphatic rings. The zero-order valence-electron chi connectivity index (χ0n) is 20.5. The SMILES string of the molecule is O=C1CCC(=O)N(CCCC[N+]2(OC(=O)C(F)(F)F)CCN(CCc3cccs3)CC2)c2ccccc21. The van der Waals surface area contributed by atoms with Gasteiger partial charge in [-0.25, -0.2) is 4.79 Å². The van der Waals surface area contributed by atoms with Crippen molar-refractivity contribution in [3.05, 3.63) is 52.2 Å². The predicted octanol–water partition coefficient (Wildman–Crippen LogP) is 4.23. The Balaban J connectivity index is 1.36. The van der Waals surface area contributed by atoms with Crippen LogP contribution in [0, 0.1) is 0 Å². The molecule has 1 amide bonds. The molecule has 1 aromatic carbocycles. The molecule has 0 unspecified atom stereocenters. The molecular weight excluding hydrogens is 507 g/mol. The van der Waals surface area contributed by atoms with Crippen LogP contribution >= 0.6 is 11.3 Å². The molecule has 0 radical (unpaired) electrons. The van der Waals surface area contributed by atoms with E-state index in [1.54, 1.807) is 40.5 Å². The van der Waals surface area contributed by atoms with Gasteiger partial charge < -0.3 is 4.90 Å². The highest BCUT2D eigenvalue weighted by Crippen LogP contribution is 2.28. The van der Waals surface area contributed by atoms with E-state index in [4.69, 9.17) is 4.84 Å². The van der Waals surface area contributed by atoms with E-state index in [0.717, 1.165) is 13.0 Å². The van der Waals surface area contributed by atoms with Crippen molar-refractivity contribution >= 4 is 34.7 Å². The van der Waals surface area contributed by atoms with Crippen LogP contribution < -0.4 is 4.90 Å². The standard InChI is InChI=1S/C26H31F3N3O4S/c27-26(28,29)25(35)36-32(17-14-30(15-18-32)13-11-20-6-5-19-37-20)16-4-3-12-31-22-8-2-1-7-21(22)23(33)9-10-24(31)34/h1-2,5-8,19H,3-4,9-18H2/q+1. The Morgan fingerprint density at radius 1 is 1.00 bits per heavy atom. The average molecular weight is 539 g/mol. The molecule has 11 heteroatoms. The minimum Gasteiger partial charge on any atom is -0.312 e. The Kier molecular flexibility index (Phi) is 8.66. The van der Waals surface area contributed by atoms with Crippen LogP contribution in [0.2, 0.25) is 0 Å². The number of para-hydroxylation sites is 1. The number of alkyl halides is 3. The van der Waals surface area contributed by atoms with Crippen LogP contribution in [0.4, 0.5) is 18.9 Å². The number of halogens is 3. The number of thiophene rings is 1. The normalized spacial score (nSPS) is 18.4. The molecule has 0 saturated carbocycles. The molecule has 3 heterocycles. The molecule has 200 valence electrons. The van der Waals surface area contributed by atoms with Crippen molar-refractivity contribution in [2.45, 2.75) is 38.3 Å². The fourth-order valence-electron chi connectivity index (χ4n) is 4.89. The first-order valence-corrected chi connectivity index (χ1v) is 13.4. The van der Waals surface area contributed by atoms with Crippen molar-refractivity contribution in [2.75, 3.05) is 50.7 Å².